The number of carbonyl (C=O) groups excluding carboxylic acids is 1. The fourth-order valence-electron chi connectivity index (χ4n) is 4.69. The lowest BCUT2D eigenvalue weighted by Gasteiger charge is -2.38. The molecule has 0 N–H and O–H groups in total. The first kappa shape index (κ1) is 24.9. The maximum atomic E-state index is 13.9. The molecule has 1 heterocycles. The molecule has 0 bridgehead atoms. The minimum atomic E-state index is -0.824. The lowest BCUT2D eigenvalue weighted by atomic mass is 9.90. The highest BCUT2D eigenvalue weighted by molar-refractivity contribution is 8.01. The second kappa shape index (κ2) is 12.5. The maximum Gasteiger partial charge on any atom is 0.331 e. The first-order valence-electron chi connectivity index (χ1n) is 12.4. The van der Waals surface area contributed by atoms with Gasteiger partial charge in [0.05, 0.1) is 20.1 Å². The van der Waals surface area contributed by atoms with E-state index >= 15 is 0 Å². The Labute approximate surface area is 199 Å². The number of unbranched alkanes of at least 4 members (excludes halogenated alkanes) is 3. The van der Waals surface area contributed by atoms with Crippen molar-refractivity contribution in [2.75, 3.05) is 39.0 Å². The van der Waals surface area contributed by atoms with Crippen LogP contribution >= 0.6 is 11.8 Å². The van der Waals surface area contributed by atoms with Crippen LogP contribution in [0.5, 0.6) is 0 Å². The van der Waals surface area contributed by atoms with Gasteiger partial charge in [0.2, 0.25) is 0 Å². The molecule has 0 aliphatic carbocycles. The second-order valence-electron chi connectivity index (χ2n) is 9.31. The molecule has 1 aliphatic heterocycles. The van der Waals surface area contributed by atoms with E-state index in [1.807, 2.05) is 36.4 Å². The van der Waals surface area contributed by atoms with Crippen molar-refractivity contribution in [3.8, 4) is 0 Å². The molecule has 3 rings (SSSR count). The van der Waals surface area contributed by atoms with Crippen LogP contribution in [-0.4, -0.2) is 49.5 Å². The molecule has 0 spiro atoms. The first-order chi connectivity index (χ1) is 15.6. The van der Waals surface area contributed by atoms with E-state index in [0.717, 1.165) is 34.3 Å². The molecular formula is C28H40NO2S+. The van der Waals surface area contributed by atoms with Gasteiger partial charge in [-0.1, -0.05) is 86.8 Å². The van der Waals surface area contributed by atoms with Gasteiger partial charge >= 0.3 is 5.97 Å². The van der Waals surface area contributed by atoms with Crippen molar-refractivity contribution in [3.05, 3.63) is 71.8 Å². The van der Waals surface area contributed by atoms with Crippen molar-refractivity contribution in [3.63, 3.8) is 0 Å². The number of nitrogens with zero attached hydrogens (tertiary/aromatic N) is 1. The van der Waals surface area contributed by atoms with Crippen molar-refractivity contribution in [1.82, 2.24) is 0 Å². The first-order valence-corrected chi connectivity index (χ1v) is 13.3. The molecule has 4 heteroatoms. The van der Waals surface area contributed by atoms with E-state index in [9.17, 15) is 4.79 Å². The molecule has 0 radical (unpaired) electrons. The number of piperidine rings is 1. The van der Waals surface area contributed by atoms with E-state index in [0.29, 0.717) is 6.61 Å². The number of ether oxygens (including phenoxy) is 1. The number of hydrogen-bond acceptors (Lipinski definition) is 3. The smallest absolute Gasteiger partial charge is 0.331 e. The molecule has 174 valence electrons. The maximum absolute atomic E-state index is 13.9. The number of esters is 1. The van der Waals surface area contributed by atoms with Gasteiger partial charge < -0.3 is 9.22 Å². The molecule has 0 amide bonds. The number of rotatable bonds is 12. The van der Waals surface area contributed by atoms with E-state index in [1.165, 1.54) is 51.6 Å². The molecule has 2 aromatic carbocycles. The summed E-state index contributed by atoms with van der Waals surface area (Å²) in [7, 11) is 2.30. The zero-order valence-electron chi connectivity index (χ0n) is 19.9. The molecule has 0 saturated carbocycles. The molecule has 1 aliphatic rings. The largest absolute Gasteiger partial charge is 0.458 e. The van der Waals surface area contributed by atoms with E-state index < -0.39 is 4.75 Å². The van der Waals surface area contributed by atoms with Crippen LogP contribution < -0.4 is 0 Å². The summed E-state index contributed by atoms with van der Waals surface area (Å²) in [5, 5.41) is 0. The van der Waals surface area contributed by atoms with Gasteiger partial charge in [-0.05, 0) is 42.6 Å². The minimum Gasteiger partial charge on any atom is -0.458 e. The molecule has 1 fully saturated rings. The summed E-state index contributed by atoms with van der Waals surface area (Å²) in [6.45, 7) is 5.98. The van der Waals surface area contributed by atoms with Crippen LogP contribution in [0, 0.1) is 0 Å². The average Bonchev–Trinajstić information content (AvgIpc) is 2.83. The fraction of sp³-hybridized carbons (Fsp3) is 0.536. The SMILES string of the molecule is CCCCCCSC(C(=O)OCC[N+]1(C)CCCCC1)(c1ccccc1)c1ccccc1. The van der Waals surface area contributed by atoms with Gasteiger partial charge in [-0.15, -0.1) is 11.8 Å². The topological polar surface area (TPSA) is 26.3 Å². The number of quaternary nitrogens is 1. The highest BCUT2D eigenvalue weighted by atomic mass is 32.2. The number of hydrogen-bond donors (Lipinski definition) is 0. The molecule has 0 atom stereocenters. The van der Waals surface area contributed by atoms with Crippen molar-refractivity contribution in [2.24, 2.45) is 0 Å². The summed E-state index contributed by atoms with van der Waals surface area (Å²) in [4.78, 5) is 13.9. The standard InChI is InChI=1S/C28H40NO2S/c1-3-4-5-15-24-32-28(25-16-9-6-10-17-25,26-18-11-7-12-19-26)27(30)31-23-22-29(2)20-13-8-14-21-29/h6-7,9-12,16-19H,3-5,8,13-15,20-24H2,1-2H3/q+1. The molecule has 0 unspecified atom stereocenters. The molecular weight excluding hydrogens is 414 g/mol. The van der Waals surface area contributed by atoms with Gasteiger partial charge in [-0.25, -0.2) is 4.79 Å². The monoisotopic (exact) mass is 454 g/mol. The van der Waals surface area contributed by atoms with Gasteiger partial charge in [0, 0.05) is 0 Å². The van der Waals surface area contributed by atoms with Crippen LogP contribution in [-0.2, 0) is 14.3 Å². The van der Waals surface area contributed by atoms with Gasteiger partial charge in [-0.2, -0.15) is 0 Å². The minimum absolute atomic E-state index is 0.126. The summed E-state index contributed by atoms with van der Waals surface area (Å²) in [6, 6.07) is 20.4. The highest BCUT2D eigenvalue weighted by Crippen LogP contribution is 2.44. The number of thioether (sulfide) groups is 1. The van der Waals surface area contributed by atoms with Crippen LogP contribution in [0.2, 0.25) is 0 Å². The Morgan fingerprint density at radius 3 is 2.06 bits per heavy atom. The molecule has 3 nitrogen and oxygen atoms in total. The van der Waals surface area contributed by atoms with Crippen LogP contribution in [0.3, 0.4) is 0 Å². The van der Waals surface area contributed by atoms with E-state index in [-0.39, 0.29) is 5.97 Å². The third kappa shape index (κ3) is 6.39. The zero-order valence-corrected chi connectivity index (χ0v) is 20.7. The van der Waals surface area contributed by atoms with Crippen molar-refractivity contribution in [2.45, 2.75) is 56.6 Å². The third-order valence-electron chi connectivity index (χ3n) is 6.72. The third-order valence-corrected chi connectivity index (χ3v) is 8.29. The summed E-state index contributed by atoms with van der Waals surface area (Å²) in [6.07, 6.45) is 8.65. The van der Waals surface area contributed by atoms with Gasteiger partial charge in [0.25, 0.3) is 0 Å². The summed E-state index contributed by atoms with van der Waals surface area (Å²) in [5.74, 6) is 0.811. The summed E-state index contributed by atoms with van der Waals surface area (Å²) < 4.78 is 6.28. The molecule has 1 saturated heterocycles. The van der Waals surface area contributed by atoms with Crippen LogP contribution in [0.1, 0.15) is 63.0 Å². The molecule has 2 aromatic rings. The van der Waals surface area contributed by atoms with Crippen molar-refractivity contribution >= 4 is 17.7 Å². The Morgan fingerprint density at radius 1 is 0.906 bits per heavy atom. The predicted octanol–water partition coefficient (Wildman–Crippen LogP) is 6.42. The summed E-state index contributed by atoms with van der Waals surface area (Å²) in [5.41, 5.74) is 2.02. The number of benzene rings is 2. The van der Waals surface area contributed by atoms with Gasteiger partial charge in [-0.3, -0.25) is 0 Å². The Hall–Kier alpha value is -1.78. The fourth-order valence-corrected chi connectivity index (χ4v) is 6.12. The Kier molecular flexibility index (Phi) is 9.68. The number of likely N-dealkylation sites (N-methyl/N-ethyl adjacent to an activating group) is 1. The lowest BCUT2D eigenvalue weighted by molar-refractivity contribution is -0.914. The Bertz CT molecular complexity index is 763. The quantitative estimate of drug-likeness (QED) is 0.210. The Morgan fingerprint density at radius 2 is 1.50 bits per heavy atom. The van der Waals surface area contributed by atoms with Gasteiger partial charge in [0.1, 0.15) is 13.2 Å². The average molecular weight is 455 g/mol. The summed E-state index contributed by atoms with van der Waals surface area (Å²) >= 11 is 1.74. The Balaban J connectivity index is 1.83. The van der Waals surface area contributed by atoms with Crippen LogP contribution in [0.15, 0.2) is 60.7 Å². The normalized spacial score (nSPS) is 15.9. The lowest BCUT2D eigenvalue weighted by Crippen LogP contribution is -2.50. The number of carbonyl (C=O) groups is 1. The predicted molar refractivity (Wildman–Crippen MR) is 136 cm³/mol. The van der Waals surface area contributed by atoms with E-state index in [2.05, 4.69) is 38.2 Å². The van der Waals surface area contributed by atoms with E-state index in [1.54, 1.807) is 11.8 Å². The van der Waals surface area contributed by atoms with Crippen LogP contribution in [0.4, 0.5) is 0 Å². The van der Waals surface area contributed by atoms with Gasteiger partial charge in [0.15, 0.2) is 4.75 Å². The van der Waals surface area contributed by atoms with Crippen molar-refractivity contribution < 1.29 is 14.0 Å². The zero-order chi connectivity index (χ0) is 22.7. The molecule has 0 aromatic heterocycles. The van der Waals surface area contributed by atoms with E-state index in [4.69, 9.17) is 4.74 Å². The molecule has 32 heavy (non-hydrogen) atoms. The second-order valence-corrected chi connectivity index (χ2v) is 10.6. The number of likely N-dealkylation sites (tertiary alicyclic amines) is 1. The highest BCUT2D eigenvalue weighted by Gasteiger charge is 2.44. The van der Waals surface area contributed by atoms with Crippen LogP contribution in [0.25, 0.3) is 0 Å². The van der Waals surface area contributed by atoms with Crippen molar-refractivity contribution in [1.29, 1.82) is 0 Å².